The van der Waals surface area contributed by atoms with Crippen molar-refractivity contribution in [2.45, 2.75) is 21.6 Å². The van der Waals surface area contributed by atoms with Gasteiger partial charge in [-0.25, -0.2) is 4.79 Å². The van der Waals surface area contributed by atoms with Gasteiger partial charge in [0.2, 0.25) is 0 Å². The molecule has 1 atom stereocenters. The molecule has 7 heteroatoms. The molecule has 0 aliphatic rings. The number of benzene rings is 5. The lowest BCUT2D eigenvalue weighted by molar-refractivity contribution is -0.142. The first kappa shape index (κ1) is 28.4. The zero-order valence-electron chi connectivity index (χ0n) is 23.5. The molecule has 6 aromatic rings. The molecule has 0 aliphatic carbocycles. The van der Waals surface area contributed by atoms with Gasteiger partial charge in [-0.05, 0) is 73.7 Å². The maximum Gasteiger partial charge on any atom is 0.343 e. The van der Waals surface area contributed by atoms with E-state index in [1.165, 1.54) is 18.4 Å². The van der Waals surface area contributed by atoms with Crippen LogP contribution in [0.25, 0.3) is 20.2 Å². The highest BCUT2D eigenvalue weighted by Gasteiger charge is 2.30. The first-order valence-electron chi connectivity index (χ1n) is 13.6. The van der Waals surface area contributed by atoms with Crippen LogP contribution < -0.4 is 10.2 Å². The van der Waals surface area contributed by atoms with Gasteiger partial charge in [0.15, 0.2) is 32.5 Å². The van der Waals surface area contributed by atoms with Gasteiger partial charge in [-0.3, -0.25) is 9.59 Å². The predicted octanol–water partition coefficient (Wildman–Crippen LogP) is 7.60. The Labute approximate surface area is 255 Å². The number of carbonyl (C=O) groups excluding carboxylic acids is 2. The van der Waals surface area contributed by atoms with Crippen LogP contribution >= 0.6 is 11.3 Å². The molecule has 0 fully saturated rings. The molecule has 5 aromatic carbocycles. The largest absolute Gasteiger partial charge is 0.482 e. The molecule has 0 radical (unpaired) electrons. The van der Waals surface area contributed by atoms with E-state index in [2.05, 4.69) is 42.0 Å². The molecule has 1 aromatic heterocycles. The van der Waals surface area contributed by atoms with Crippen molar-refractivity contribution >= 4 is 54.2 Å². The van der Waals surface area contributed by atoms with Crippen molar-refractivity contribution in [3.8, 4) is 5.75 Å². The van der Waals surface area contributed by atoms with Crippen molar-refractivity contribution in [3.63, 3.8) is 0 Å². The number of ketones is 1. The third kappa shape index (κ3) is 5.95. The van der Waals surface area contributed by atoms with Gasteiger partial charge >= 0.3 is 5.97 Å². The monoisotopic (exact) mass is 603 g/mol. The maximum atomic E-state index is 13.8. The molecule has 6 rings (SSSR count). The van der Waals surface area contributed by atoms with Gasteiger partial charge in [-0.1, -0.05) is 48.0 Å². The first-order valence-corrected chi connectivity index (χ1v) is 15.7. The second-order valence-electron chi connectivity index (χ2n) is 9.95. The van der Waals surface area contributed by atoms with Gasteiger partial charge in [0, 0.05) is 37.4 Å². The third-order valence-corrected chi connectivity index (χ3v) is 10.4. The maximum absolute atomic E-state index is 13.8. The Hall–Kier alpha value is -4.72. The highest BCUT2D eigenvalue weighted by atomic mass is 32.2. The zero-order valence-corrected chi connectivity index (χ0v) is 25.2. The van der Waals surface area contributed by atoms with Gasteiger partial charge in [0.25, 0.3) is 0 Å². The van der Waals surface area contributed by atoms with Crippen LogP contribution in [0, 0.1) is 6.92 Å². The molecule has 1 heterocycles. The minimum atomic E-state index is -0.522. The highest BCUT2D eigenvalue weighted by molar-refractivity contribution is 7.97. The number of hydrogen-bond donors (Lipinski definition) is 0. The van der Waals surface area contributed by atoms with Crippen molar-refractivity contribution < 1.29 is 19.1 Å². The van der Waals surface area contributed by atoms with Crippen molar-refractivity contribution in [2.24, 2.45) is 0 Å². The molecule has 43 heavy (non-hydrogen) atoms. The summed E-state index contributed by atoms with van der Waals surface area (Å²) in [5.41, 5.74) is 2.35. The number of esters is 1. The Kier molecular flexibility index (Phi) is 8.09. The minimum Gasteiger partial charge on any atom is -0.482 e. The number of fused-ring (bicyclic) bond motifs is 2. The lowest BCUT2D eigenvalue weighted by atomic mass is 10.0. The van der Waals surface area contributed by atoms with Crippen LogP contribution in [0.3, 0.4) is 0 Å². The predicted molar refractivity (Wildman–Crippen MR) is 173 cm³/mol. The van der Waals surface area contributed by atoms with E-state index in [-0.39, 0.29) is 17.8 Å². The standard InChI is InChI=1S/C36H27O5S2/c1-23-8-13-27(14-9-23)43(28-15-10-25(11-16-28)35(38)24-6-4-3-5-7-24)29-17-19-33-31(21-29)36(39)30-20-26(12-18-32(30)42-33)41-22-34(37)40-2/h3-21H,22H2,1-2H3/q+1. The Bertz CT molecular complexity index is 2010. The number of methoxy groups -OCH3 is 1. The second-order valence-corrected chi connectivity index (χ2v) is 13.1. The Morgan fingerprint density at radius 3 is 1.95 bits per heavy atom. The van der Waals surface area contributed by atoms with E-state index in [1.54, 1.807) is 12.1 Å². The Morgan fingerprint density at radius 1 is 0.698 bits per heavy atom. The van der Waals surface area contributed by atoms with Gasteiger partial charge in [0.1, 0.15) is 5.75 Å². The lowest BCUT2D eigenvalue weighted by Gasteiger charge is -2.11. The van der Waals surface area contributed by atoms with Gasteiger partial charge < -0.3 is 9.47 Å². The summed E-state index contributed by atoms with van der Waals surface area (Å²) in [4.78, 5) is 41.5. The molecular weight excluding hydrogens is 577 g/mol. The van der Waals surface area contributed by atoms with Crippen LogP contribution in [-0.2, 0) is 20.4 Å². The Balaban J connectivity index is 1.42. The number of hydrogen-bond acceptors (Lipinski definition) is 6. The summed E-state index contributed by atoms with van der Waals surface area (Å²) in [6.45, 7) is 1.83. The fourth-order valence-electron chi connectivity index (χ4n) is 4.81. The smallest absolute Gasteiger partial charge is 0.343 e. The van der Waals surface area contributed by atoms with E-state index in [4.69, 9.17) is 4.74 Å². The van der Waals surface area contributed by atoms with Crippen molar-refractivity contribution in [1.82, 2.24) is 0 Å². The van der Waals surface area contributed by atoms with Crippen LogP contribution in [0.1, 0.15) is 21.5 Å². The molecular formula is C36H27O5S2+. The average Bonchev–Trinajstić information content (AvgIpc) is 3.05. The van der Waals surface area contributed by atoms with Gasteiger partial charge in [0.05, 0.1) is 18.0 Å². The number of carbonyl (C=O) groups is 2. The summed E-state index contributed by atoms with van der Waals surface area (Å²) in [5, 5.41) is 1.16. The van der Waals surface area contributed by atoms with Crippen LogP contribution in [0.2, 0.25) is 0 Å². The SMILES string of the molecule is COC(=O)COc1ccc2sc3ccc([S+](c4ccc(C)cc4)c4ccc(C(=O)c5ccccc5)cc4)cc3c(=O)c2c1. The zero-order chi connectivity index (χ0) is 29.9. The minimum absolute atomic E-state index is 0.0210. The fraction of sp³-hybridized carbons (Fsp3) is 0.0833. The first-order chi connectivity index (χ1) is 20.9. The van der Waals surface area contributed by atoms with Gasteiger partial charge in [-0.15, -0.1) is 11.3 Å². The van der Waals surface area contributed by atoms with E-state index >= 15 is 0 Å². The van der Waals surface area contributed by atoms with E-state index < -0.39 is 16.9 Å². The van der Waals surface area contributed by atoms with Crippen LogP contribution in [0.5, 0.6) is 5.75 Å². The molecule has 0 saturated heterocycles. The third-order valence-electron chi connectivity index (χ3n) is 7.08. The van der Waals surface area contributed by atoms with Crippen LogP contribution in [-0.4, -0.2) is 25.5 Å². The molecule has 0 bridgehead atoms. The van der Waals surface area contributed by atoms with Gasteiger partial charge in [-0.2, -0.15) is 0 Å². The van der Waals surface area contributed by atoms with E-state index in [9.17, 15) is 14.4 Å². The van der Waals surface area contributed by atoms with E-state index in [1.807, 2.05) is 72.8 Å². The molecule has 0 aliphatic heterocycles. The average molecular weight is 604 g/mol. The summed E-state index contributed by atoms with van der Waals surface area (Å²) in [6.07, 6.45) is 0. The lowest BCUT2D eigenvalue weighted by Crippen LogP contribution is -2.12. The molecule has 0 saturated carbocycles. The highest BCUT2D eigenvalue weighted by Crippen LogP contribution is 2.35. The number of ether oxygens (including phenoxy) is 2. The quantitative estimate of drug-likeness (QED) is 0.0776. The van der Waals surface area contributed by atoms with Crippen molar-refractivity contribution in [2.75, 3.05) is 13.7 Å². The number of aryl methyl sites for hydroxylation is 1. The summed E-state index contributed by atoms with van der Waals surface area (Å²) in [5.74, 6) is -0.0800. The van der Waals surface area contributed by atoms with E-state index in [0.29, 0.717) is 27.6 Å². The normalized spacial score (nSPS) is 11.8. The topological polar surface area (TPSA) is 69.7 Å². The molecule has 0 N–H and O–H groups in total. The molecule has 212 valence electrons. The number of rotatable bonds is 8. The van der Waals surface area contributed by atoms with Crippen LogP contribution in [0.4, 0.5) is 0 Å². The van der Waals surface area contributed by atoms with Crippen molar-refractivity contribution in [1.29, 1.82) is 0 Å². The molecule has 0 spiro atoms. The molecule has 5 nitrogen and oxygen atoms in total. The Morgan fingerprint density at radius 2 is 1.28 bits per heavy atom. The fourth-order valence-corrected chi connectivity index (χ4v) is 7.92. The summed E-state index contributed by atoms with van der Waals surface area (Å²) >= 11 is 1.54. The molecule has 0 amide bonds. The summed E-state index contributed by atoms with van der Waals surface area (Å²) < 4.78 is 11.9. The van der Waals surface area contributed by atoms with E-state index in [0.717, 1.165) is 29.6 Å². The summed E-state index contributed by atoms with van der Waals surface area (Å²) in [7, 11) is 0.780. The van der Waals surface area contributed by atoms with Crippen molar-refractivity contribution in [3.05, 3.63) is 142 Å². The molecule has 1 unspecified atom stereocenters. The van der Waals surface area contributed by atoms with Crippen LogP contribution in [0.15, 0.2) is 135 Å². The second kappa shape index (κ2) is 12.3. The summed E-state index contributed by atoms with van der Waals surface area (Å²) in [6, 6.07) is 36.8.